The second kappa shape index (κ2) is 11.2. The monoisotopic (exact) mass is 477 g/mol. The number of hydrogen-bond acceptors (Lipinski definition) is 7. The molecule has 2 N–H and O–H groups in total. The van der Waals surface area contributed by atoms with Gasteiger partial charge in [-0.15, -0.1) is 0 Å². The minimum absolute atomic E-state index is 0.101. The van der Waals surface area contributed by atoms with E-state index in [-0.39, 0.29) is 5.56 Å². The average molecular weight is 478 g/mol. The molecule has 0 aromatic carbocycles. The number of pyridine rings is 1. The molecule has 1 aliphatic heterocycles. The van der Waals surface area contributed by atoms with Crippen molar-refractivity contribution in [3.8, 4) is 0 Å². The van der Waals surface area contributed by atoms with Gasteiger partial charge < -0.3 is 10.6 Å². The first kappa shape index (κ1) is 23.8. The number of hydrogen-bond donors (Lipinski definition) is 2. The lowest BCUT2D eigenvalue weighted by molar-refractivity contribution is 0.477. The van der Waals surface area contributed by atoms with Gasteiger partial charge in [-0.25, -0.2) is 4.98 Å². The smallest absolute Gasteiger partial charge is 0.259 e. The molecule has 1 fully saturated rings. The number of nitrogens with zero attached hydrogens (tertiary/aromatic N) is 5. The third-order valence-electron chi connectivity index (χ3n) is 5.79. The summed E-state index contributed by atoms with van der Waals surface area (Å²) in [5, 5.41) is 7.57. The molecule has 0 bridgehead atoms. The highest BCUT2D eigenvalue weighted by atomic mass is 35.5. The highest BCUT2D eigenvalue weighted by molar-refractivity contribution is 6.26. The van der Waals surface area contributed by atoms with Crippen LogP contribution in [-0.4, -0.2) is 43.6 Å². The van der Waals surface area contributed by atoms with E-state index in [9.17, 15) is 4.79 Å². The van der Waals surface area contributed by atoms with Crippen molar-refractivity contribution in [3.63, 3.8) is 0 Å². The Hall–Kier alpha value is -3.36. The highest BCUT2D eigenvalue weighted by Gasteiger charge is 2.15. The first-order valence-electron chi connectivity index (χ1n) is 11.4. The van der Waals surface area contributed by atoms with Crippen LogP contribution in [0.15, 0.2) is 53.2 Å². The van der Waals surface area contributed by atoms with Crippen molar-refractivity contribution in [2.75, 3.05) is 18.4 Å². The number of nitrogens with one attached hydrogen (secondary N) is 2. The van der Waals surface area contributed by atoms with Crippen LogP contribution < -0.4 is 16.2 Å². The quantitative estimate of drug-likeness (QED) is 0.497. The van der Waals surface area contributed by atoms with Crippen molar-refractivity contribution >= 4 is 40.2 Å². The molecular formula is C25H28ClN7O. The van der Waals surface area contributed by atoms with E-state index in [1.165, 1.54) is 5.54 Å². The number of aryl methyl sites for hydroxylation is 2. The van der Waals surface area contributed by atoms with Crippen LogP contribution in [0.2, 0.25) is 0 Å². The van der Waals surface area contributed by atoms with Gasteiger partial charge in [0.1, 0.15) is 5.65 Å². The molecule has 0 atom stereocenters. The lowest BCUT2D eigenvalue weighted by Crippen LogP contribution is -2.35. The molecule has 0 saturated carbocycles. The van der Waals surface area contributed by atoms with E-state index >= 15 is 0 Å². The molecule has 0 unspecified atom stereocenters. The maximum absolute atomic E-state index is 13.2. The molecule has 8 nitrogen and oxygen atoms in total. The number of halogens is 1. The van der Waals surface area contributed by atoms with Gasteiger partial charge in [-0.05, 0) is 58.0 Å². The van der Waals surface area contributed by atoms with Crippen molar-refractivity contribution in [3.05, 3.63) is 75.7 Å². The number of anilines is 1. The first-order chi connectivity index (χ1) is 16.6. The fourth-order valence-corrected chi connectivity index (χ4v) is 4.18. The number of allylic oxidation sites excluding steroid dienone is 4. The average Bonchev–Trinajstić information content (AvgIpc) is 2.85. The summed E-state index contributed by atoms with van der Waals surface area (Å²) in [6.07, 6.45) is 14.3. The number of aromatic nitrogens is 5. The van der Waals surface area contributed by atoms with Crippen LogP contribution in [0.4, 0.5) is 5.95 Å². The molecule has 9 heteroatoms. The molecule has 34 heavy (non-hydrogen) atoms. The Balaban J connectivity index is 1.66. The summed E-state index contributed by atoms with van der Waals surface area (Å²) in [5.74, 6) is 0.559. The zero-order valence-corrected chi connectivity index (χ0v) is 20.1. The van der Waals surface area contributed by atoms with E-state index in [2.05, 4.69) is 30.6 Å². The lowest BCUT2D eigenvalue weighted by Gasteiger charge is -2.23. The van der Waals surface area contributed by atoms with E-state index in [1.807, 2.05) is 32.1 Å². The largest absolute Gasteiger partial charge is 0.351 e. The molecule has 176 valence electrons. The van der Waals surface area contributed by atoms with Gasteiger partial charge in [0.25, 0.3) is 5.56 Å². The van der Waals surface area contributed by atoms with Gasteiger partial charge in [0, 0.05) is 53.2 Å². The van der Waals surface area contributed by atoms with Crippen LogP contribution >= 0.6 is 11.6 Å². The van der Waals surface area contributed by atoms with Crippen LogP contribution in [0.25, 0.3) is 22.7 Å². The molecule has 3 aromatic rings. The Morgan fingerprint density at radius 3 is 2.79 bits per heavy atom. The summed E-state index contributed by atoms with van der Waals surface area (Å²) in [6.45, 7) is 6.30. The Bertz CT molecular complexity index is 1310. The van der Waals surface area contributed by atoms with Gasteiger partial charge in [0.15, 0.2) is 0 Å². The SMILES string of the molecule is CCn1c(=O)c(C=CC=C(C=CCl)c2nccnc2C)cc2cnc(NC3CCNCC3)nc21. The number of piperidine rings is 1. The third kappa shape index (κ3) is 5.40. The summed E-state index contributed by atoms with van der Waals surface area (Å²) in [6, 6.07) is 2.16. The normalized spacial score (nSPS) is 15.6. The van der Waals surface area contributed by atoms with Crippen molar-refractivity contribution < 1.29 is 0 Å². The predicted octanol–water partition coefficient (Wildman–Crippen LogP) is 3.92. The molecule has 4 heterocycles. The topological polar surface area (TPSA) is 97.6 Å². The van der Waals surface area contributed by atoms with Gasteiger partial charge in [0.2, 0.25) is 5.95 Å². The molecule has 0 amide bonds. The van der Waals surface area contributed by atoms with Crippen LogP contribution in [-0.2, 0) is 6.54 Å². The molecule has 0 radical (unpaired) electrons. The highest BCUT2D eigenvalue weighted by Crippen LogP contribution is 2.18. The van der Waals surface area contributed by atoms with Gasteiger partial charge in [-0.2, -0.15) is 4.98 Å². The fraction of sp³-hybridized carbons (Fsp3) is 0.320. The zero-order valence-electron chi connectivity index (χ0n) is 19.3. The van der Waals surface area contributed by atoms with Gasteiger partial charge in [0.05, 0.1) is 11.4 Å². The minimum Gasteiger partial charge on any atom is -0.351 e. The third-order valence-corrected chi connectivity index (χ3v) is 5.92. The standard InChI is InChI=1S/C25H28ClN7O/c1-3-33-23-20(16-30-25(32-23)31-21-8-11-27-12-9-21)15-19(24(33)34)6-4-5-18(7-10-26)22-17(2)28-13-14-29-22/h4-7,10,13-16,21,27H,3,8-9,11-12H2,1-2H3,(H,30,31,32). The van der Waals surface area contributed by atoms with Crippen LogP contribution in [0, 0.1) is 6.92 Å². The number of fused-ring (bicyclic) bond motifs is 1. The van der Waals surface area contributed by atoms with Gasteiger partial charge >= 0.3 is 0 Å². The Kier molecular flexibility index (Phi) is 7.82. The van der Waals surface area contributed by atoms with Crippen molar-refractivity contribution in [1.29, 1.82) is 0 Å². The second-order valence-corrected chi connectivity index (χ2v) is 8.31. The molecular weight excluding hydrogens is 450 g/mol. The van der Waals surface area contributed by atoms with E-state index in [1.54, 1.807) is 35.3 Å². The predicted molar refractivity (Wildman–Crippen MR) is 138 cm³/mol. The summed E-state index contributed by atoms with van der Waals surface area (Å²) in [7, 11) is 0. The second-order valence-electron chi connectivity index (χ2n) is 8.05. The van der Waals surface area contributed by atoms with E-state index in [0.717, 1.165) is 48.3 Å². The van der Waals surface area contributed by atoms with E-state index in [4.69, 9.17) is 11.6 Å². The molecule has 1 aliphatic rings. The maximum atomic E-state index is 13.2. The Labute approximate surface area is 203 Å². The Morgan fingerprint density at radius 1 is 1.26 bits per heavy atom. The van der Waals surface area contributed by atoms with Gasteiger partial charge in [-0.1, -0.05) is 23.8 Å². The molecule has 4 rings (SSSR count). The number of rotatable bonds is 7. The van der Waals surface area contributed by atoms with E-state index < -0.39 is 0 Å². The maximum Gasteiger partial charge on any atom is 0.259 e. The molecule has 3 aromatic heterocycles. The summed E-state index contributed by atoms with van der Waals surface area (Å²) in [4.78, 5) is 31.0. The summed E-state index contributed by atoms with van der Waals surface area (Å²) in [5.41, 5.74) is 4.84. The first-order valence-corrected chi connectivity index (χ1v) is 11.8. The van der Waals surface area contributed by atoms with Crippen LogP contribution in [0.5, 0.6) is 0 Å². The summed E-state index contributed by atoms with van der Waals surface area (Å²) < 4.78 is 1.68. The van der Waals surface area contributed by atoms with Gasteiger partial charge in [-0.3, -0.25) is 19.3 Å². The molecule has 0 spiro atoms. The van der Waals surface area contributed by atoms with Crippen molar-refractivity contribution in [2.24, 2.45) is 0 Å². The Morgan fingerprint density at radius 2 is 2.06 bits per heavy atom. The van der Waals surface area contributed by atoms with Crippen molar-refractivity contribution in [2.45, 2.75) is 39.3 Å². The minimum atomic E-state index is -0.101. The molecule has 0 aliphatic carbocycles. The fourth-order valence-electron chi connectivity index (χ4n) is 4.04. The lowest BCUT2D eigenvalue weighted by atomic mass is 10.1. The zero-order chi connectivity index (χ0) is 23.9. The van der Waals surface area contributed by atoms with E-state index in [0.29, 0.717) is 29.7 Å². The summed E-state index contributed by atoms with van der Waals surface area (Å²) >= 11 is 5.83. The van der Waals surface area contributed by atoms with Crippen molar-refractivity contribution in [1.82, 2.24) is 29.8 Å². The molecule has 1 saturated heterocycles. The van der Waals surface area contributed by atoms with Crippen LogP contribution in [0.3, 0.4) is 0 Å². The van der Waals surface area contributed by atoms with Crippen LogP contribution in [0.1, 0.15) is 36.7 Å².